The van der Waals surface area contributed by atoms with Gasteiger partial charge in [0.2, 0.25) is 11.6 Å². The van der Waals surface area contributed by atoms with E-state index in [1.54, 1.807) is 14.2 Å². The predicted octanol–water partition coefficient (Wildman–Crippen LogP) is 2.39. The molecule has 0 spiro atoms. The van der Waals surface area contributed by atoms with Gasteiger partial charge in [0.1, 0.15) is 5.82 Å². The van der Waals surface area contributed by atoms with Gasteiger partial charge in [-0.15, -0.1) is 0 Å². The quantitative estimate of drug-likeness (QED) is 0.710. The van der Waals surface area contributed by atoms with Crippen molar-refractivity contribution in [1.29, 1.82) is 0 Å². The Morgan fingerprint density at radius 1 is 1.18 bits per heavy atom. The van der Waals surface area contributed by atoms with Crippen molar-refractivity contribution >= 4 is 0 Å². The summed E-state index contributed by atoms with van der Waals surface area (Å²) in [7, 11) is 3.25. The SMILES string of the molecule is CCCCc1nc(C(CCC)(OC)OC)n[nH]1. The van der Waals surface area contributed by atoms with Crippen LogP contribution >= 0.6 is 0 Å². The molecule has 5 heteroatoms. The number of H-pyrrole nitrogens is 1. The van der Waals surface area contributed by atoms with Gasteiger partial charge in [-0.2, -0.15) is 5.10 Å². The van der Waals surface area contributed by atoms with Crippen LogP contribution in [0.4, 0.5) is 0 Å². The molecule has 1 N–H and O–H groups in total. The van der Waals surface area contributed by atoms with Gasteiger partial charge in [-0.1, -0.05) is 26.7 Å². The number of hydrogen-bond donors (Lipinski definition) is 1. The third-order valence-electron chi connectivity index (χ3n) is 2.88. The Morgan fingerprint density at radius 3 is 2.41 bits per heavy atom. The number of aromatic amines is 1. The normalized spacial score (nSPS) is 12.0. The van der Waals surface area contributed by atoms with Gasteiger partial charge >= 0.3 is 0 Å². The zero-order chi connectivity index (χ0) is 12.7. The number of nitrogens with one attached hydrogen (secondary N) is 1. The Labute approximate surface area is 103 Å². The summed E-state index contributed by atoms with van der Waals surface area (Å²) in [6, 6.07) is 0. The van der Waals surface area contributed by atoms with Crippen molar-refractivity contribution in [2.24, 2.45) is 0 Å². The van der Waals surface area contributed by atoms with E-state index in [1.165, 1.54) is 0 Å². The smallest absolute Gasteiger partial charge is 0.231 e. The van der Waals surface area contributed by atoms with Crippen molar-refractivity contribution in [3.8, 4) is 0 Å². The maximum Gasteiger partial charge on any atom is 0.231 e. The highest BCUT2D eigenvalue weighted by molar-refractivity contribution is 4.99. The maximum atomic E-state index is 5.46. The Bertz CT molecular complexity index is 321. The Balaban J connectivity index is 2.83. The molecule has 0 aliphatic rings. The van der Waals surface area contributed by atoms with Crippen molar-refractivity contribution in [2.75, 3.05) is 14.2 Å². The van der Waals surface area contributed by atoms with Crippen LogP contribution < -0.4 is 0 Å². The van der Waals surface area contributed by atoms with E-state index >= 15 is 0 Å². The number of nitrogens with zero attached hydrogens (tertiary/aromatic N) is 2. The van der Waals surface area contributed by atoms with Gasteiger partial charge in [0.05, 0.1) is 0 Å². The molecule has 17 heavy (non-hydrogen) atoms. The second-order valence-corrected chi connectivity index (χ2v) is 4.12. The molecule has 0 aliphatic carbocycles. The Morgan fingerprint density at radius 2 is 1.88 bits per heavy atom. The van der Waals surface area contributed by atoms with Crippen LogP contribution in [0.25, 0.3) is 0 Å². The molecule has 0 unspecified atom stereocenters. The first-order valence-electron chi connectivity index (χ1n) is 6.24. The largest absolute Gasteiger partial charge is 0.347 e. The van der Waals surface area contributed by atoms with E-state index in [9.17, 15) is 0 Å². The number of hydrogen-bond acceptors (Lipinski definition) is 4. The van der Waals surface area contributed by atoms with Gasteiger partial charge in [-0.25, -0.2) is 4.98 Å². The van der Waals surface area contributed by atoms with Crippen molar-refractivity contribution in [1.82, 2.24) is 15.2 Å². The van der Waals surface area contributed by atoms with E-state index in [0.717, 1.165) is 37.9 Å². The molecule has 0 bridgehead atoms. The molecule has 1 aromatic heterocycles. The minimum atomic E-state index is -0.810. The number of unbranched alkanes of at least 4 members (excludes halogenated alkanes) is 1. The number of methoxy groups -OCH3 is 2. The maximum absolute atomic E-state index is 5.46. The first kappa shape index (κ1) is 14.1. The van der Waals surface area contributed by atoms with Crippen molar-refractivity contribution in [3.05, 3.63) is 11.6 Å². The summed E-state index contributed by atoms with van der Waals surface area (Å²) in [6.07, 6.45) is 4.85. The summed E-state index contributed by atoms with van der Waals surface area (Å²) >= 11 is 0. The molecule has 0 amide bonds. The zero-order valence-electron chi connectivity index (χ0n) is 11.2. The molecular formula is C12H23N3O2. The number of rotatable bonds is 8. The molecular weight excluding hydrogens is 218 g/mol. The molecule has 98 valence electrons. The lowest BCUT2D eigenvalue weighted by Gasteiger charge is -2.27. The highest BCUT2D eigenvalue weighted by Gasteiger charge is 2.35. The fourth-order valence-corrected chi connectivity index (χ4v) is 1.83. The van der Waals surface area contributed by atoms with Gasteiger partial charge in [-0.05, 0) is 6.42 Å². The van der Waals surface area contributed by atoms with Gasteiger partial charge in [0, 0.05) is 27.1 Å². The van der Waals surface area contributed by atoms with Crippen LogP contribution in [0.3, 0.4) is 0 Å². The number of ether oxygens (including phenoxy) is 2. The Hall–Kier alpha value is -0.940. The Kier molecular flexibility index (Phi) is 5.58. The van der Waals surface area contributed by atoms with Crippen LogP contribution in [0.15, 0.2) is 0 Å². The minimum absolute atomic E-state index is 0.593. The highest BCUT2D eigenvalue weighted by Crippen LogP contribution is 2.28. The summed E-state index contributed by atoms with van der Waals surface area (Å²) in [5.74, 6) is 0.683. The standard InChI is InChI=1S/C12H23N3O2/c1-5-7-8-10-13-11(15-14-10)12(16-3,17-4)9-6-2/h5-9H2,1-4H3,(H,13,14,15). The second-order valence-electron chi connectivity index (χ2n) is 4.12. The lowest BCUT2D eigenvalue weighted by molar-refractivity contribution is -0.225. The molecule has 0 fully saturated rings. The fourth-order valence-electron chi connectivity index (χ4n) is 1.83. The minimum Gasteiger partial charge on any atom is -0.347 e. The van der Waals surface area contributed by atoms with Crippen LogP contribution in [-0.2, 0) is 21.7 Å². The first-order chi connectivity index (χ1) is 8.22. The van der Waals surface area contributed by atoms with E-state index < -0.39 is 5.79 Å². The summed E-state index contributed by atoms with van der Waals surface area (Å²) in [5, 5.41) is 7.17. The highest BCUT2D eigenvalue weighted by atomic mass is 16.7. The van der Waals surface area contributed by atoms with E-state index in [1.807, 2.05) is 0 Å². The van der Waals surface area contributed by atoms with Gasteiger partial charge in [0.25, 0.3) is 0 Å². The molecule has 0 saturated heterocycles. The van der Waals surface area contributed by atoms with Crippen molar-refractivity contribution in [2.45, 2.75) is 51.7 Å². The molecule has 0 saturated carbocycles. The molecule has 5 nitrogen and oxygen atoms in total. The van der Waals surface area contributed by atoms with E-state index in [-0.39, 0.29) is 0 Å². The van der Waals surface area contributed by atoms with Gasteiger partial charge in [0.15, 0.2) is 0 Å². The molecule has 0 aliphatic heterocycles. The van der Waals surface area contributed by atoms with Gasteiger partial charge in [-0.3, -0.25) is 5.10 Å². The molecule has 1 rings (SSSR count). The first-order valence-corrected chi connectivity index (χ1v) is 6.24. The summed E-state index contributed by atoms with van der Waals surface area (Å²) in [4.78, 5) is 4.46. The van der Waals surface area contributed by atoms with Crippen LogP contribution in [-0.4, -0.2) is 29.4 Å². The van der Waals surface area contributed by atoms with Crippen molar-refractivity contribution in [3.63, 3.8) is 0 Å². The second kappa shape index (κ2) is 6.71. The number of aryl methyl sites for hydroxylation is 1. The van der Waals surface area contributed by atoms with Crippen LogP contribution in [0.2, 0.25) is 0 Å². The molecule has 1 aromatic rings. The fraction of sp³-hybridized carbons (Fsp3) is 0.833. The van der Waals surface area contributed by atoms with E-state index in [2.05, 4.69) is 29.0 Å². The number of aromatic nitrogens is 3. The zero-order valence-corrected chi connectivity index (χ0v) is 11.2. The third-order valence-corrected chi connectivity index (χ3v) is 2.88. The van der Waals surface area contributed by atoms with Crippen LogP contribution in [0.5, 0.6) is 0 Å². The summed E-state index contributed by atoms with van der Waals surface area (Å²) in [5.41, 5.74) is 0. The summed E-state index contributed by atoms with van der Waals surface area (Å²) < 4.78 is 10.9. The molecule has 0 radical (unpaired) electrons. The lowest BCUT2D eigenvalue weighted by Crippen LogP contribution is -2.32. The average molecular weight is 241 g/mol. The third kappa shape index (κ3) is 3.26. The topological polar surface area (TPSA) is 60.0 Å². The van der Waals surface area contributed by atoms with Crippen LogP contribution in [0.1, 0.15) is 51.2 Å². The summed E-state index contributed by atoms with van der Waals surface area (Å²) in [6.45, 7) is 4.24. The average Bonchev–Trinajstić information content (AvgIpc) is 2.83. The van der Waals surface area contributed by atoms with E-state index in [4.69, 9.17) is 9.47 Å². The van der Waals surface area contributed by atoms with Crippen LogP contribution in [0, 0.1) is 0 Å². The molecule has 0 atom stereocenters. The van der Waals surface area contributed by atoms with Gasteiger partial charge < -0.3 is 9.47 Å². The van der Waals surface area contributed by atoms with Crippen molar-refractivity contribution < 1.29 is 9.47 Å². The predicted molar refractivity (Wildman–Crippen MR) is 65.6 cm³/mol. The molecule has 1 heterocycles. The molecule has 0 aromatic carbocycles. The monoisotopic (exact) mass is 241 g/mol. The lowest BCUT2D eigenvalue weighted by atomic mass is 10.1. The van der Waals surface area contributed by atoms with E-state index in [0.29, 0.717) is 5.82 Å².